The number of carbonyl (C=O) groups excluding carboxylic acids is 3. The van der Waals surface area contributed by atoms with Crippen LogP contribution in [0.1, 0.15) is 15.9 Å². The van der Waals surface area contributed by atoms with Crippen LogP contribution >= 0.6 is 11.8 Å². The van der Waals surface area contributed by atoms with Crippen LogP contribution in [0.3, 0.4) is 0 Å². The second-order valence-electron chi connectivity index (χ2n) is 7.63. The van der Waals surface area contributed by atoms with Gasteiger partial charge in [-0.05, 0) is 84.1 Å². The Hall–Kier alpha value is -4.30. The maximum absolute atomic E-state index is 12.6. The number of hydrogen-bond acceptors (Lipinski definition) is 7. The highest BCUT2D eigenvalue weighted by atomic mass is 32.2. The van der Waals surface area contributed by atoms with E-state index in [-0.39, 0.29) is 21.1 Å². The molecule has 0 aromatic heterocycles. The molecule has 3 aromatic carbocycles. The molecule has 0 saturated carbocycles. The minimum Gasteiger partial charge on any atom is -0.406 e. The molecule has 0 radical (unpaired) electrons. The standard InChI is InChI=1S/C24H16F3N3O6S2/c25-24(26,27)36-18-8-10-19(11-9-18)38(34,35)30-16-6-4-15(5-7-16)21(31)28-17-3-1-2-14(12-17)13-20-22(32)29-23(33)37-20/h1-13,30H,(H,28,31)(H,29,32,33). The largest absolute Gasteiger partial charge is 0.573 e. The van der Waals surface area contributed by atoms with Gasteiger partial charge in [-0.1, -0.05) is 12.1 Å². The number of alkyl halides is 3. The molecule has 3 amide bonds. The summed E-state index contributed by atoms with van der Waals surface area (Å²) in [5, 5.41) is 4.37. The lowest BCUT2D eigenvalue weighted by atomic mass is 10.1. The molecule has 3 N–H and O–H groups in total. The fraction of sp³-hybridized carbons (Fsp3) is 0.0417. The number of rotatable bonds is 7. The zero-order valence-corrected chi connectivity index (χ0v) is 20.5. The van der Waals surface area contributed by atoms with E-state index in [1.165, 1.54) is 30.3 Å². The van der Waals surface area contributed by atoms with E-state index in [2.05, 4.69) is 20.1 Å². The third-order valence-corrected chi connectivity index (χ3v) is 7.06. The quantitative estimate of drug-likeness (QED) is 0.346. The fourth-order valence-corrected chi connectivity index (χ4v) is 4.95. The van der Waals surface area contributed by atoms with Gasteiger partial charge in [0.2, 0.25) is 0 Å². The summed E-state index contributed by atoms with van der Waals surface area (Å²) in [5.41, 5.74) is 1.33. The van der Waals surface area contributed by atoms with Crippen molar-refractivity contribution in [3.05, 3.63) is 88.8 Å². The Morgan fingerprint density at radius 1 is 0.947 bits per heavy atom. The van der Waals surface area contributed by atoms with Crippen molar-refractivity contribution in [2.75, 3.05) is 10.0 Å². The van der Waals surface area contributed by atoms with E-state index in [0.29, 0.717) is 11.3 Å². The van der Waals surface area contributed by atoms with E-state index >= 15 is 0 Å². The van der Waals surface area contributed by atoms with Crippen LogP contribution in [0.2, 0.25) is 0 Å². The van der Waals surface area contributed by atoms with Gasteiger partial charge in [-0.15, -0.1) is 13.2 Å². The summed E-state index contributed by atoms with van der Waals surface area (Å²) in [4.78, 5) is 35.6. The van der Waals surface area contributed by atoms with Crippen LogP contribution in [0.5, 0.6) is 5.75 Å². The third-order valence-electron chi connectivity index (χ3n) is 4.85. The first kappa shape index (κ1) is 26.8. The summed E-state index contributed by atoms with van der Waals surface area (Å²) in [6.07, 6.45) is -3.39. The molecule has 0 unspecified atom stereocenters. The molecule has 1 saturated heterocycles. The smallest absolute Gasteiger partial charge is 0.406 e. The second kappa shape index (κ2) is 10.6. The molecule has 1 fully saturated rings. The first-order valence-corrected chi connectivity index (χ1v) is 12.8. The number of amides is 3. The maximum Gasteiger partial charge on any atom is 0.573 e. The van der Waals surface area contributed by atoms with Crippen molar-refractivity contribution in [1.29, 1.82) is 0 Å². The Labute approximate surface area is 218 Å². The van der Waals surface area contributed by atoms with Gasteiger partial charge in [0.05, 0.1) is 9.80 Å². The topological polar surface area (TPSA) is 131 Å². The number of ether oxygens (including phenoxy) is 1. The van der Waals surface area contributed by atoms with Gasteiger partial charge in [0.15, 0.2) is 0 Å². The number of sulfonamides is 1. The van der Waals surface area contributed by atoms with Crippen molar-refractivity contribution in [2.24, 2.45) is 0 Å². The van der Waals surface area contributed by atoms with E-state index in [1.54, 1.807) is 24.3 Å². The van der Waals surface area contributed by atoms with Crippen molar-refractivity contribution in [3.63, 3.8) is 0 Å². The number of halogens is 3. The number of imide groups is 1. The highest BCUT2D eigenvalue weighted by Gasteiger charge is 2.31. The number of thioether (sulfide) groups is 1. The monoisotopic (exact) mass is 563 g/mol. The molecule has 14 heteroatoms. The van der Waals surface area contributed by atoms with Crippen LogP contribution in [-0.2, 0) is 14.8 Å². The molecule has 196 valence electrons. The Balaban J connectivity index is 1.40. The van der Waals surface area contributed by atoms with Gasteiger partial charge in [0.1, 0.15) is 5.75 Å². The van der Waals surface area contributed by atoms with Gasteiger partial charge in [0, 0.05) is 16.9 Å². The van der Waals surface area contributed by atoms with Gasteiger partial charge in [-0.3, -0.25) is 24.4 Å². The Kier molecular flexibility index (Phi) is 7.46. The fourth-order valence-electron chi connectivity index (χ4n) is 3.21. The molecule has 38 heavy (non-hydrogen) atoms. The zero-order valence-electron chi connectivity index (χ0n) is 18.9. The maximum atomic E-state index is 12.6. The average molecular weight is 564 g/mol. The van der Waals surface area contributed by atoms with Gasteiger partial charge in [-0.25, -0.2) is 8.42 Å². The van der Waals surface area contributed by atoms with Crippen LogP contribution in [0.25, 0.3) is 6.08 Å². The van der Waals surface area contributed by atoms with E-state index < -0.39 is 39.2 Å². The molecular weight excluding hydrogens is 547 g/mol. The van der Waals surface area contributed by atoms with Crippen LogP contribution < -0.4 is 20.1 Å². The summed E-state index contributed by atoms with van der Waals surface area (Å²) in [6, 6.07) is 15.7. The van der Waals surface area contributed by atoms with Crippen LogP contribution in [0, 0.1) is 0 Å². The molecule has 0 aliphatic carbocycles. The minimum atomic E-state index is -4.90. The Bertz CT molecular complexity index is 1540. The molecule has 4 rings (SSSR count). The van der Waals surface area contributed by atoms with Crippen LogP contribution in [0.15, 0.2) is 82.6 Å². The van der Waals surface area contributed by atoms with Crippen LogP contribution in [0.4, 0.5) is 29.3 Å². The summed E-state index contributed by atoms with van der Waals surface area (Å²) < 4.78 is 68.0. The minimum absolute atomic E-state index is 0.118. The molecule has 9 nitrogen and oxygen atoms in total. The normalized spacial score (nSPS) is 14.8. The third kappa shape index (κ3) is 6.92. The van der Waals surface area contributed by atoms with Gasteiger partial charge >= 0.3 is 6.36 Å². The molecular formula is C24H16F3N3O6S2. The van der Waals surface area contributed by atoms with E-state index in [4.69, 9.17) is 0 Å². The van der Waals surface area contributed by atoms with E-state index in [1.807, 2.05) is 0 Å². The summed E-state index contributed by atoms with van der Waals surface area (Å²) >= 11 is 0.770. The number of hydrogen-bond donors (Lipinski definition) is 3. The van der Waals surface area contributed by atoms with Crippen LogP contribution in [-0.4, -0.2) is 31.8 Å². The zero-order chi connectivity index (χ0) is 27.5. The van der Waals surface area contributed by atoms with Crippen molar-refractivity contribution in [1.82, 2.24) is 5.32 Å². The lowest BCUT2D eigenvalue weighted by molar-refractivity contribution is -0.274. The van der Waals surface area contributed by atoms with Gasteiger partial charge < -0.3 is 10.1 Å². The SMILES string of the molecule is O=C1NC(=O)C(=Cc2cccc(NC(=O)c3ccc(NS(=O)(=O)c4ccc(OC(F)(F)F)cc4)cc3)c2)S1. The lowest BCUT2D eigenvalue weighted by Crippen LogP contribution is -2.17. The molecule has 0 spiro atoms. The molecule has 0 atom stereocenters. The van der Waals surface area contributed by atoms with Crippen molar-refractivity contribution >= 4 is 56.3 Å². The number of nitrogens with one attached hydrogen (secondary N) is 3. The predicted molar refractivity (Wildman–Crippen MR) is 134 cm³/mol. The number of anilines is 2. The lowest BCUT2D eigenvalue weighted by Gasteiger charge is -2.11. The first-order valence-electron chi connectivity index (χ1n) is 10.5. The van der Waals surface area contributed by atoms with Crippen molar-refractivity contribution in [3.8, 4) is 5.75 Å². The molecule has 1 heterocycles. The highest BCUT2D eigenvalue weighted by Crippen LogP contribution is 2.27. The predicted octanol–water partition coefficient (Wildman–Crippen LogP) is 4.96. The second-order valence-corrected chi connectivity index (χ2v) is 10.3. The van der Waals surface area contributed by atoms with Crippen molar-refractivity contribution < 1.29 is 40.7 Å². The summed E-state index contributed by atoms with van der Waals surface area (Å²) in [5.74, 6) is -1.56. The number of benzene rings is 3. The first-order chi connectivity index (χ1) is 17.9. The van der Waals surface area contributed by atoms with Gasteiger partial charge in [-0.2, -0.15) is 0 Å². The van der Waals surface area contributed by atoms with Gasteiger partial charge in [0.25, 0.3) is 27.1 Å². The molecule has 1 aliphatic heterocycles. The molecule has 3 aromatic rings. The highest BCUT2D eigenvalue weighted by molar-refractivity contribution is 8.18. The Morgan fingerprint density at radius 3 is 2.24 bits per heavy atom. The van der Waals surface area contributed by atoms with Crippen molar-refractivity contribution in [2.45, 2.75) is 11.3 Å². The van der Waals surface area contributed by atoms with E-state index in [9.17, 15) is 36.0 Å². The summed E-state index contributed by atoms with van der Waals surface area (Å²) in [6.45, 7) is 0. The number of carbonyl (C=O) groups is 3. The molecule has 1 aliphatic rings. The average Bonchev–Trinajstić information content (AvgIpc) is 3.15. The molecule has 0 bridgehead atoms. The summed E-state index contributed by atoms with van der Waals surface area (Å²) in [7, 11) is -4.12. The Morgan fingerprint density at radius 2 is 1.63 bits per heavy atom. The van der Waals surface area contributed by atoms with E-state index in [0.717, 1.165) is 36.0 Å².